The van der Waals surface area contributed by atoms with E-state index in [0.29, 0.717) is 5.56 Å². The number of benzene rings is 1. The van der Waals surface area contributed by atoms with Gasteiger partial charge in [-0.15, -0.1) is 0 Å². The highest BCUT2D eigenvalue weighted by molar-refractivity contribution is 8.00. The molecule has 3 N–H and O–H groups in total. The van der Waals surface area contributed by atoms with Crippen molar-refractivity contribution < 1.29 is 23.1 Å². The molecule has 0 bridgehead atoms. The van der Waals surface area contributed by atoms with Gasteiger partial charge in [0, 0.05) is 11.1 Å². The van der Waals surface area contributed by atoms with Crippen LogP contribution in [-0.4, -0.2) is 30.6 Å². The largest absolute Gasteiger partial charge is 0.493 e. The molecule has 0 fully saturated rings. The van der Waals surface area contributed by atoms with Crippen molar-refractivity contribution in [1.82, 2.24) is 14.1 Å². The first-order valence-corrected chi connectivity index (χ1v) is 8.58. The Hall–Kier alpha value is -3.21. The second-order valence-corrected chi connectivity index (χ2v) is 6.83. The van der Waals surface area contributed by atoms with E-state index in [1.54, 1.807) is 6.07 Å². The number of alkyl halides is 3. The SMILES string of the molecule is NC(=O)c1cc(Cn2cc(O)n(-c3ccc(SC(F)(F)F)cc3)c2=O)ccn1. The molecule has 0 saturated carbocycles. The first-order chi connectivity index (χ1) is 13.1. The molecule has 0 saturated heterocycles. The fourth-order valence-electron chi connectivity index (χ4n) is 2.54. The number of aromatic hydroxyl groups is 1. The van der Waals surface area contributed by atoms with Gasteiger partial charge in [0.1, 0.15) is 5.69 Å². The number of halogens is 3. The zero-order chi connectivity index (χ0) is 20.5. The van der Waals surface area contributed by atoms with Crippen LogP contribution in [0.4, 0.5) is 13.2 Å². The number of primary amides is 1. The molecule has 0 aliphatic carbocycles. The molecule has 28 heavy (non-hydrogen) atoms. The average Bonchev–Trinajstić information content (AvgIpc) is 2.88. The zero-order valence-electron chi connectivity index (χ0n) is 14.1. The molecule has 0 aliphatic heterocycles. The van der Waals surface area contributed by atoms with Gasteiger partial charge in [-0.05, 0) is 53.7 Å². The van der Waals surface area contributed by atoms with Gasteiger partial charge >= 0.3 is 11.2 Å². The average molecular weight is 410 g/mol. The molecule has 3 rings (SSSR count). The minimum Gasteiger partial charge on any atom is -0.493 e. The lowest BCUT2D eigenvalue weighted by molar-refractivity contribution is -0.0328. The van der Waals surface area contributed by atoms with Gasteiger partial charge in [0.25, 0.3) is 5.91 Å². The van der Waals surface area contributed by atoms with Crippen molar-refractivity contribution in [3.8, 4) is 11.6 Å². The van der Waals surface area contributed by atoms with Crippen molar-refractivity contribution in [2.75, 3.05) is 0 Å². The van der Waals surface area contributed by atoms with Crippen LogP contribution < -0.4 is 11.4 Å². The highest BCUT2D eigenvalue weighted by Gasteiger charge is 2.29. The molecular formula is C17H13F3N4O3S. The van der Waals surface area contributed by atoms with Gasteiger partial charge in [-0.1, -0.05) is 0 Å². The van der Waals surface area contributed by atoms with Crippen LogP contribution in [0.1, 0.15) is 16.1 Å². The third-order valence-electron chi connectivity index (χ3n) is 3.70. The summed E-state index contributed by atoms with van der Waals surface area (Å²) in [6, 6.07) is 8.02. The van der Waals surface area contributed by atoms with Crippen LogP contribution in [0.25, 0.3) is 5.69 Å². The molecule has 0 unspecified atom stereocenters. The molecule has 1 aromatic carbocycles. The molecule has 3 aromatic rings. The first-order valence-electron chi connectivity index (χ1n) is 7.76. The molecule has 0 radical (unpaired) electrons. The monoisotopic (exact) mass is 410 g/mol. The van der Waals surface area contributed by atoms with Crippen LogP contribution in [0.3, 0.4) is 0 Å². The number of carbonyl (C=O) groups excluding carboxylic acids is 1. The fraction of sp³-hybridized carbons (Fsp3) is 0.118. The Kier molecular flexibility index (Phi) is 5.18. The van der Waals surface area contributed by atoms with Gasteiger partial charge in [0.2, 0.25) is 5.88 Å². The van der Waals surface area contributed by atoms with Crippen molar-refractivity contribution in [3.05, 3.63) is 70.5 Å². The second-order valence-electron chi connectivity index (χ2n) is 5.69. The van der Waals surface area contributed by atoms with Crippen LogP contribution in [0, 0.1) is 0 Å². The van der Waals surface area contributed by atoms with Gasteiger partial charge in [-0.3, -0.25) is 14.3 Å². The van der Waals surface area contributed by atoms with Crippen LogP contribution in [0.2, 0.25) is 0 Å². The van der Waals surface area contributed by atoms with E-state index in [1.165, 1.54) is 47.3 Å². The lowest BCUT2D eigenvalue weighted by Gasteiger charge is -2.07. The molecule has 2 heterocycles. The summed E-state index contributed by atoms with van der Waals surface area (Å²) in [6.45, 7) is 0.0319. The molecule has 7 nitrogen and oxygen atoms in total. The fourth-order valence-corrected chi connectivity index (χ4v) is 3.08. The van der Waals surface area contributed by atoms with Gasteiger partial charge in [0.15, 0.2) is 0 Å². The Morgan fingerprint density at radius 1 is 1.21 bits per heavy atom. The highest BCUT2D eigenvalue weighted by atomic mass is 32.2. The lowest BCUT2D eigenvalue weighted by atomic mass is 10.2. The molecule has 0 atom stereocenters. The zero-order valence-corrected chi connectivity index (χ0v) is 14.9. The summed E-state index contributed by atoms with van der Waals surface area (Å²) in [4.78, 5) is 27.6. The maximum Gasteiger partial charge on any atom is 0.446 e. The minimum atomic E-state index is -4.42. The number of nitrogens with two attached hydrogens (primary N) is 1. The normalized spacial score (nSPS) is 11.5. The smallest absolute Gasteiger partial charge is 0.446 e. The van der Waals surface area contributed by atoms with Crippen LogP contribution in [0.15, 0.2) is 58.5 Å². The third-order valence-corrected chi connectivity index (χ3v) is 4.43. The Labute approximate surface area is 160 Å². The highest BCUT2D eigenvalue weighted by Crippen LogP contribution is 2.37. The standard InChI is InChI=1S/C17H13F3N4O3S/c18-17(19,20)28-12-3-1-11(2-4-12)24-14(25)9-23(16(24)27)8-10-5-6-22-13(7-10)15(21)26/h1-7,9,25H,8H2,(H2,21,26). The number of carbonyl (C=O) groups is 1. The molecule has 146 valence electrons. The quantitative estimate of drug-likeness (QED) is 0.629. The van der Waals surface area contributed by atoms with Crippen LogP contribution in [-0.2, 0) is 6.54 Å². The Balaban J connectivity index is 1.89. The number of nitrogens with zero attached hydrogens (tertiary/aromatic N) is 3. The molecule has 11 heteroatoms. The first kappa shape index (κ1) is 19.5. The predicted molar refractivity (Wildman–Crippen MR) is 95.5 cm³/mol. The number of thioether (sulfide) groups is 1. The number of hydrogen-bond donors (Lipinski definition) is 2. The summed E-state index contributed by atoms with van der Waals surface area (Å²) in [5.41, 5.74) is 0.949. The van der Waals surface area contributed by atoms with E-state index in [-0.39, 0.29) is 40.5 Å². The molecule has 2 aromatic heterocycles. The van der Waals surface area contributed by atoms with Gasteiger partial charge in [0.05, 0.1) is 18.4 Å². The third kappa shape index (κ3) is 4.36. The second kappa shape index (κ2) is 7.43. The topological polar surface area (TPSA) is 103 Å². The lowest BCUT2D eigenvalue weighted by Crippen LogP contribution is -2.23. The Bertz CT molecular complexity index is 1070. The molecule has 1 amide bonds. The van der Waals surface area contributed by atoms with Crippen molar-refractivity contribution in [2.45, 2.75) is 16.9 Å². The maximum absolute atomic E-state index is 12.6. The number of aromatic nitrogens is 3. The summed E-state index contributed by atoms with van der Waals surface area (Å²) in [6.07, 6.45) is 2.55. The molecule has 0 spiro atoms. The number of pyridine rings is 1. The van der Waals surface area contributed by atoms with E-state index < -0.39 is 17.1 Å². The number of imidazole rings is 1. The Morgan fingerprint density at radius 3 is 2.50 bits per heavy atom. The van der Waals surface area contributed by atoms with Crippen LogP contribution in [0.5, 0.6) is 5.88 Å². The number of amides is 1. The van der Waals surface area contributed by atoms with E-state index in [1.807, 2.05) is 0 Å². The predicted octanol–water partition coefficient (Wildman–Crippen LogP) is 2.50. The summed E-state index contributed by atoms with van der Waals surface area (Å²) >= 11 is -0.275. The van der Waals surface area contributed by atoms with Crippen LogP contribution >= 0.6 is 11.8 Å². The van der Waals surface area contributed by atoms with E-state index in [2.05, 4.69) is 4.98 Å². The van der Waals surface area contributed by atoms with Crippen molar-refractivity contribution in [3.63, 3.8) is 0 Å². The van der Waals surface area contributed by atoms with Gasteiger partial charge in [-0.2, -0.15) is 13.2 Å². The van der Waals surface area contributed by atoms with E-state index >= 15 is 0 Å². The van der Waals surface area contributed by atoms with Crippen molar-refractivity contribution in [1.29, 1.82) is 0 Å². The maximum atomic E-state index is 12.6. The number of hydrogen-bond acceptors (Lipinski definition) is 5. The van der Waals surface area contributed by atoms with E-state index in [4.69, 9.17) is 5.73 Å². The van der Waals surface area contributed by atoms with Crippen molar-refractivity contribution >= 4 is 17.7 Å². The summed E-state index contributed by atoms with van der Waals surface area (Å²) in [5.74, 6) is -1.10. The van der Waals surface area contributed by atoms with Gasteiger partial charge < -0.3 is 10.8 Å². The summed E-state index contributed by atoms with van der Waals surface area (Å²) in [5, 5.41) is 10.1. The van der Waals surface area contributed by atoms with Gasteiger partial charge in [-0.25, -0.2) is 9.36 Å². The van der Waals surface area contributed by atoms with E-state index in [0.717, 1.165) is 4.57 Å². The van der Waals surface area contributed by atoms with E-state index in [9.17, 15) is 27.9 Å². The van der Waals surface area contributed by atoms with Crippen molar-refractivity contribution in [2.24, 2.45) is 5.73 Å². The Morgan fingerprint density at radius 2 is 1.89 bits per heavy atom. The molecule has 0 aliphatic rings. The minimum absolute atomic E-state index is 0.0319. The number of rotatable bonds is 5. The summed E-state index contributed by atoms with van der Waals surface area (Å²) in [7, 11) is 0. The molecular weight excluding hydrogens is 397 g/mol. The summed E-state index contributed by atoms with van der Waals surface area (Å²) < 4.78 is 39.4.